The Balaban J connectivity index is 1.63. The van der Waals surface area contributed by atoms with Crippen LogP contribution in [-0.4, -0.2) is 35.4 Å². The van der Waals surface area contributed by atoms with Crippen LogP contribution in [0.1, 0.15) is 50.2 Å². The highest BCUT2D eigenvalue weighted by molar-refractivity contribution is 5.87. The Labute approximate surface area is 184 Å². The first-order valence-electron chi connectivity index (χ1n) is 11.1. The van der Waals surface area contributed by atoms with Gasteiger partial charge in [0.1, 0.15) is 6.10 Å². The molecule has 1 heterocycles. The highest BCUT2D eigenvalue weighted by atomic mass is 16.5. The number of carbonyl (C=O) groups is 2. The van der Waals surface area contributed by atoms with E-state index in [0.717, 1.165) is 30.4 Å². The van der Waals surface area contributed by atoms with Gasteiger partial charge in [-0.3, -0.25) is 0 Å². The van der Waals surface area contributed by atoms with E-state index >= 15 is 0 Å². The first-order chi connectivity index (χ1) is 14.9. The third kappa shape index (κ3) is 7.21. The molecule has 2 aliphatic rings. The van der Waals surface area contributed by atoms with Crippen LogP contribution in [0.2, 0.25) is 0 Å². The van der Waals surface area contributed by atoms with Crippen LogP contribution in [0, 0.1) is 18.8 Å². The summed E-state index contributed by atoms with van der Waals surface area (Å²) in [5.74, 6) is -0.839. The maximum atomic E-state index is 12.3. The number of hydrogen-bond acceptors (Lipinski definition) is 5. The summed E-state index contributed by atoms with van der Waals surface area (Å²) >= 11 is 0. The number of ether oxygens (including phenoxy) is 2. The number of esters is 2. The zero-order valence-corrected chi connectivity index (χ0v) is 18.3. The molecule has 1 fully saturated rings. The van der Waals surface area contributed by atoms with Gasteiger partial charge in [-0.1, -0.05) is 42.0 Å². The van der Waals surface area contributed by atoms with Gasteiger partial charge in [-0.2, -0.15) is 0 Å². The standard InChI is InChI=1S/C26H32O5/c1-18-8-10-20(11-9-18)12-14-26(29)31-22-16-21-7-5-3-4-6-19(2)30-25(28)15-13-24(27)23(21)17-22/h5,7-15,19,21-24,27H,3-4,6,16-17H2,1-2H3/b7-5+,14-12+,15-13?/t19-,21+,22-,23+,24+/m0/s1. The summed E-state index contributed by atoms with van der Waals surface area (Å²) in [6, 6.07) is 7.89. The molecule has 5 atom stereocenters. The van der Waals surface area contributed by atoms with Gasteiger partial charge in [0.05, 0.1) is 12.2 Å². The van der Waals surface area contributed by atoms with E-state index in [4.69, 9.17) is 9.47 Å². The average molecular weight is 425 g/mol. The van der Waals surface area contributed by atoms with Gasteiger partial charge in [0.25, 0.3) is 0 Å². The van der Waals surface area contributed by atoms with E-state index in [9.17, 15) is 14.7 Å². The Bertz CT molecular complexity index is 836. The molecule has 1 aromatic carbocycles. The molecule has 3 rings (SSSR count). The van der Waals surface area contributed by atoms with Crippen LogP contribution in [0.5, 0.6) is 0 Å². The number of rotatable bonds is 3. The lowest BCUT2D eigenvalue weighted by Gasteiger charge is -2.19. The number of aliphatic hydroxyl groups excluding tert-OH is 1. The number of aryl methyl sites for hydroxylation is 1. The molecular weight excluding hydrogens is 392 g/mol. The lowest BCUT2D eigenvalue weighted by Crippen LogP contribution is -2.22. The highest BCUT2D eigenvalue weighted by Gasteiger charge is 2.38. The van der Waals surface area contributed by atoms with Crippen LogP contribution in [0.4, 0.5) is 0 Å². The van der Waals surface area contributed by atoms with Gasteiger partial charge in [-0.05, 0) is 75.5 Å². The van der Waals surface area contributed by atoms with Crippen molar-refractivity contribution in [2.75, 3.05) is 0 Å². The molecule has 1 aliphatic carbocycles. The van der Waals surface area contributed by atoms with E-state index in [1.165, 1.54) is 18.2 Å². The molecule has 1 saturated carbocycles. The van der Waals surface area contributed by atoms with Crippen LogP contribution in [0.15, 0.2) is 54.6 Å². The molecule has 0 spiro atoms. The molecular formula is C26H32O5. The van der Waals surface area contributed by atoms with Gasteiger partial charge in [-0.25, -0.2) is 9.59 Å². The fourth-order valence-electron chi connectivity index (χ4n) is 4.22. The number of fused-ring (bicyclic) bond motifs is 1. The minimum absolute atomic E-state index is 0.0905. The molecule has 0 saturated heterocycles. The van der Waals surface area contributed by atoms with Crippen molar-refractivity contribution in [2.45, 2.75) is 64.3 Å². The third-order valence-electron chi connectivity index (χ3n) is 5.94. The van der Waals surface area contributed by atoms with Gasteiger partial charge in [-0.15, -0.1) is 0 Å². The Hall–Kier alpha value is -2.66. The van der Waals surface area contributed by atoms with E-state index in [2.05, 4.69) is 12.2 Å². The molecule has 0 amide bonds. The van der Waals surface area contributed by atoms with Gasteiger partial charge >= 0.3 is 11.9 Å². The number of aliphatic hydroxyl groups is 1. The fourth-order valence-corrected chi connectivity index (χ4v) is 4.22. The monoisotopic (exact) mass is 424 g/mol. The molecule has 166 valence electrons. The second kappa shape index (κ2) is 11.1. The smallest absolute Gasteiger partial charge is 0.331 e. The van der Waals surface area contributed by atoms with Gasteiger partial charge < -0.3 is 14.6 Å². The predicted molar refractivity (Wildman–Crippen MR) is 120 cm³/mol. The predicted octanol–water partition coefficient (Wildman–Crippen LogP) is 4.54. The van der Waals surface area contributed by atoms with Crippen molar-refractivity contribution in [3.05, 3.63) is 65.8 Å². The Morgan fingerprint density at radius 1 is 1.19 bits per heavy atom. The molecule has 1 aliphatic heterocycles. The van der Waals surface area contributed by atoms with Crippen LogP contribution >= 0.6 is 0 Å². The summed E-state index contributed by atoms with van der Waals surface area (Å²) in [7, 11) is 0. The van der Waals surface area contributed by atoms with Crippen LogP contribution < -0.4 is 0 Å². The summed E-state index contributed by atoms with van der Waals surface area (Å²) in [5, 5.41) is 10.7. The Kier molecular flexibility index (Phi) is 8.24. The molecule has 0 aromatic heterocycles. The largest absolute Gasteiger partial charge is 0.460 e. The molecule has 1 N–H and O–H groups in total. The zero-order valence-electron chi connectivity index (χ0n) is 18.3. The second-order valence-corrected chi connectivity index (χ2v) is 8.56. The number of hydrogen-bond donors (Lipinski definition) is 1. The first-order valence-corrected chi connectivity index (χ1v) is 11.1. The summed E-state index contributed by atoms with van der Waals surface area (Å²) in [6.45, 7) is 3.90. The van der Waals surface area contributed by atoms with Crippen LogP contribution in [-0.2, 0) is 19.1 Å². The summed E-state index contributed by atoms with van der Waals surface area (Å²) < 4.78 is 11.0. The lowest BCUT2D eigenvalue weighted by atomic mass is 9.90. The van der Waals surface area contributed by atoms with Gasteiger partial charge in [0.2, 0.25) is 0 Å². The molecule has 1 aromatic rings. The average Bonchev–Trinajstić information content (AvgIpc) is 3.13. The molecule has 5 nitrogen and oxygen atoms in total. The minimum atomic E-state index is -0.801. The van der Waals surface area contributed by atoms with Crippen molar-refractivity contribution in [1.29, 1.82) is 0 Å². The Morgan fingerprint density at radius 3 is 2.74 bits per heavy atom. The summed E-state index contributed by atoms with van der Waals surface area (Å²) in [4.78, 5) is 24.2. The van der Waals surface area contributed by atoms with Crippen LogP contribution in [0.3, 0.4) is 0 Å². The van der Waals surface area contributed by atoms with Crippen molar-refractivity contribution in [1.82, 2.24) is 0 Å². The van der Waals surface area contributed by atoms with E-state index in [1.807, 2.05) is 38.1 Å². The first kappa shape index (κ1) is 23.0. The number of carbonyl (C=O) groups excluding carboxylic acids is 2. The quantitative estimate of drug-likeness (QED) is 0.438. The highest BCUT2D eigenvalue weighted by Crippen LogP contribution is 2.38. The molecule has 5 heteroatoms. The zero-order chi connectivity index (χ0) is 22.2. The fraction of sp³-hybridized carbons (Fsp3) is 0.462. The van der Waals surface area contributed by atoms with Gasteiger partial charge in [0.15, 0.2) is 0 Å². The van der Waals surface area contributed by atoms with Crippen molar-refractivity contribution in [3.63, 3.8) is 0 Å². The summed E-state index contributed by atoms with van der Waals surface area (Å²) in [5.41, 5.74) is 2.10. The Morgan fingerprint density at radius 2 is 1.97 bits per heavy atom. The van der Waals surface area contributed by atoms with Crippen molar-refractivity contribution in [3.8, 4) is 0 Å². The molecule has 0 unspecified atom stereocenters. The van der Waals surface area contributed by atoms with E-state index in [1.54, 1.807) is 6.08 Å². The van der Waals surface area contributed by atoms with Crippen LogP contribution in [0.25, 0.3) is 6.08 Å². The van der Waals surface area contributed by atoms with Crippen molar-refractivity contribution < 1.29 is 24.2 Å². The number of benzene rings is 1. The van der Waals surface area contributed by atoms with E-state index in [0.29, 0.717) is 12.8 Å². The third-order valence-corrected chi connectivity index (χ3v) is 5.94. The van der Waals surface area contributed by atoms with E-state index in [-0.39, 0.29) is 30.0 Å². The SMILES string of the molecule is Cc1ccc(/C=C/C(=O)O[C@@H]2C[C@H]3[C@H](O)C=CC(=O)O[C@@H](C)CCC/C=C/[C@@H]3C2)cc1. The van der Waals surface area contributed by atoms with Gasteiger partial charge in [0, 0.05) is 12.2 Å². The maximum absolute atomic E-state index is 12.3. The molecule has 0 bridgehead atoms. The van der Waals surface area contributed by atoms with Crippen molar-refractivity contribution >= 4 is 18.0 Å². The van der Waals surface area contributed by atoms with E-state index < -0.39 is 12.1 Å². The summed E-state index contributed by atoms with van der Waals surface area (Å²) in [6.07, 6.45) is 12.9. The molecule has 0 radical (unpaired) electrons. The minimum Gasteiger partial charge on any atom is -0.460 e. The topological polar surface area (TPSA) is 72.8 Å². The maximum Gasteiger partial charge on any atom is 0.331 e. The van der Waals surface area contributed by atoms with Crippen molar-refractivity contribution in [2.24, 2.45) is 11.8 Å². The second-order valence-electron chi connectivity index (χ2n) is 8.56. The lowest BCUT2D eigenvalue weighted by molar-refractivity contribution is -0.143. The normalized spacial score (nSPS) is 30.5. The number of cyclic esters (lactones) is 1. The molecule has 31 heavy (non-hydrogen) atoms. The number of allylic oxidation sites excluding steroid dienone is 2.